The van der Waals surface area contributed by atoms with Gasteiger partial charge in [0.05, 0.1) is 19.4 Å². The van der Waals surface area contributed by atoms with Gasteiger partial charge < -0.3 is 10.5 Å². The monoisotopic (exact) mass is 195 g/mol. The lowest BCUT2D eigenvalue weighted by Gasteiger charge is -2.31. The zero-order chi connectivity index (χ0) is 9.19. The Balaban J connectivity index is 2.72. The molecule has 0 saturated carbocycles. The van der Waals surface area contributed by atoms with Gasteiger partial charge in [0.15, 0.2) is 0 Å². The molecule has 12 heavy (non-hydrogen) atoms. The Morgan fingerprint density at radius 3 is 2.83 bits per heavy atom. The maximum Gasteiger partial charge on any atom is 0.280 e. The van der Waals surface area contributed by atoms with E-state index in [-0.39, 0.29) is 6.61 Å². The van der Waals surface area contributed by atoms with Gasteiger partial charge in [0.25, 0.3) is 10.2 Å². The van der Waals surface area contributed by atoms with E-state index < -0.39 is 16.4 Å². The summed E-state index contributed by atoms with van der Waals surface area (Å²) in [4.78, 5) is 0. The summed E-state index contributed by atoms with van der Waals surface area (Å²) in [5.74, 6) is 0. The summed E-state index contributed by atoms with van der Waals surface area (Å²) in [5, 5.41) is 0. The number of nitrogens with two attached hydrogens (primary N) is 1. The quantitative estimate of drug-likeness (QED) is 0.537. The van der Waals surface area contributed by atoms with E-state index in [4.69, 9.17) is 10.5 Å². The van der Waals surface area contributed by atoms with Crippen molar-refractivity contribution in [3.8, 4) is 0 Å². The van der Waals surface area contributed by atoms with Crippen molar-refractivity contribution in [2.45, 2.75) is 6.17 Å². The maximum absolute atomic E-state index is 11.2. The number of nitrogens with zero attached hydrogens (tertiary/aromatic N) is 1. The van der Waals surface area contributed by atoms with Gasteiger partial charge in [0.1, 0.15) is 0 Å². The van der Waals surface area contributed by atoms with Gasteiger partial charge in [0, 0.05) is 13.6 Å². The molecule has 6 nitrogen and oxygen atoms in total. The van der Waals surface area contributed by atoms with Crippen molar-refractivity contribution < 1.29 is 13.2 Å². The average Bonchev–Trinajstić information content (AvgIpc) is 2.05. The van der Waals surface area contributed by atoms with Gasteiger partial charge in [-0.1, -0.05) is 0 Å². The van der Waals surface area contributed by atoms with Crippen LogP contribution >= 0.6 is 0 Å². The summed E-state index contributed by atoms with van der Waals surface area (Å²) in [6.07, 6.45) is -0.573. The van der Waals surface area contributed by atoms with E-state index in [9.17, 15) is 8.42 Å². The maximum atomic E-state index is 11.2. The molecule has 0 aromatic heterocycles. The SMILES string of the molecule is CNS(=O)(=O)N1CCOCC1N. The molecule has 1 heterocycles. The molecule has 3 N–H and O–H groups in total. The van der Waals surface area contributed by atoms with E-state index in [0.29, 0.717) is 13.2 Å². The highest BCUT2D eigenvalue weighted by molar-refractivity contribution is 7.87. The third kappa shape index (κ3) is 1.93. The minimum absolute atomic E-state index is 0.251. The van der Waals surface area contributed by atoms with Gasteiger partial charge in [-0.05, 0) is 0 Å². The van der Waals surface area contributed by atoms with Crippen LogP contribution in [0.25, 0.3) is 0 Å². The second-order valence-electron chi connectivity index (χ2n) is 2.46. The third-order valence-corrected chi connectivity index (χ3v) is 3.27. The second-order valence-corrected chi connectivity index (χ2v) is 4.29. The Labute approximate surface area is 71.9 Å². The number of hydrogen-bond donors (Lipinski definition) is 2. The Morgan fingerprint density at radius 1 is 1.67 bits per heavy atom. The fourth-order valence-corrected chi connectivity index (χ4v) is 1.99. The molecular formula is C5H13N3O3S. The van der Waals surface area contributed by atoms with Crippen molar-refractivity contribution >= 4 is 10.2 Å². The van der Waals surface area contributed by atoms with Crippen LogP contribution in [0, 0.1) is 0 Å². The van der Waals surface area contributed by atoms with Gasteiger partial charge >= 0.3 is 0 Å². The van der Waals surface area contributed by atoms with Crippen molar-refractivity contribution in [2.24, 2.45) is 5.73 Å². The first-order valence-electron chi connectivity index (χ1n) is 3.61. The minimum atomic E-state index is -3.39. The second kappa shape index (κ2) is 3.67. The molecule has 1 aliphatic heterocycles. The Bertz CT molecular complexity index is 240. The molecule has 0 amide bonds. The molecule has 7 heteroatoms. The Hall–Kier alpha value is -0.210. The van der Waals surface area contributed by atoms with Crippen LogP contribution in [0.1, 0.15) is 0 Å². The summed E-state index contributed by atoms with van der Waals surface area (Å²) >= 11 is 0. The van der Waals surface area contributed by atoms with Crippen molar-refractivity contribution in [3.05, 3.63) is 0 Å². The number of ether oxygens (including phenoxy) is 1. The van der Waals surface area contributed by atoms with Crippen molar-refractivity contribution in [3.63, 3.8) is 0 Å². The van der Waals surface area contributed by atoms with Crippen LogP contribution in [0.5, 0.6) is 0 Å². The molecular weight excluding hydrogens is 182 g/mol. The minimum Gasteiger partial charge on any atom is -0.377 e. The highest BCUT2D eigenvalue weighted by Crippen LogP contribution is 2.05. The largest absolute Gasteiger partial charge is 0.377 e. The van der Waals surface area contributed by atoms with Gasteiger partial charge in [-0.2, -0.15) is 12.7 Å². The van der Waals surface area contributed by atoms with Gasteiger partial charge in [-0.3, -0.25) is 0 Å². The fourth-order valence-electron chi connectivity index (χ4n) is 1.02. The normalized spacial score (nSPS) is 27.3. The lowest BCUT2D eigenvalue weighted by Crippen LogP contribution is -2.55. The van der Waals surface area contributed by atoms with Crippen molar-refractivity contribution in [1.29, 1.82) is 0 Å². The Morgan fingerprint density at radius 2 is 2.33 bits per heavy atom. The molecule has 1 saturated heterocycles. The van der Waals surface area contributed by atoms with Crippen LogP contribution in [0.2, 0.25) is 0 Å². The zero-order valence-electron chi connectivity index (χ0n) is 6.86. The van der Waals surface area contributed by atoms with E-state index in [0.717, 1.165) is 0 Å². The van der Waals surface area contributed by atoms with Crippen LogP contribution in [0.3, 0.4) is 0 Å². The molecule has 1 atom stereocenters. The highest BCUT2D eigenvalue weighted by atomic mass is 32.2. The first-order chi connectivity index (χ1) is 5.58. The molecule has 0 aliphatic carbocycles. The number of nitrogens with one attached hydrogen (secondary N) is 1. The van der Waals surface area contributed by atoms with Gasteiger partial charge in [-0.15, -0.1) is 0 Å². The molecule has 0 radical (unpaired) electrons. The molecule has 0 bridgehead atoms. The summed E-state index contributed by atoms with van der Waals surface area (Å²) in [7, 11) is -2.03. The van der Waals surface area contributed by atoms with Crippen LogP contribution < -0.4 is 10.5 Å². The average molecular weight is 195 g/mol. The third-order valence-electron chi connectivity index (χ3n) is 1.68. The van der Waals surface area contributed by atoms with Crippen molar-refractivity contribution in [2.75, 3.05) is 26.8 Å². The lowest BCUT2D eigenvalue weighted by atomic mass is 10.4. The van der Waals surface area contributed by atoms with Crippen LogP contribution in [0.15, 0.2) is 0 Å². The molecule has 0 aromatic carbocycles. The van der Waals surface area contributed by atoms with E-state index in [1.807, 2.05) is 0 Å². The van der Waals surface area contributed by atoms with Crippen LogP contribution in [-0.4, -0.2) is 45.7 Å². The lowest BCUT2D eigenvalue weighted by molar-refractivity contribution is 0.0345. The van der Waals surface area contributed by atoms with Crippen LogP contribution in [-0.2, 0) is 14.9 Å². The first-order valence-corrected chi connectivity index (χ1v) is 5.05. The molecule has 1 unspecified atom stereocenters. The molecule has 1 rings (SSSR count). The standard InChI is InChI=1S/C5H13N3O3S/c1-7-12(9,10)8-2-3-11-4-5(8)6/h5,7H,2-4,6H2,1H3. The summed E-state index contributed by atoms with van der Waals surface area (Å²) < 4.78 is 30.9. The van der Waals surface area contributed by atoms with E-state index in [1.165, 1.54) is 11.4 Å². The van der Waals surface area contributed by atoms with E-state index >= 15 is 0 Å². The van der Waals surface area contributed by atoms with E-state index in [2.05, 4.69) is 4.72 Å². The summed E-state index contributed by atoms with van der Waals surface area (Å²) in [6.45, 7) is 0.958. The zero-order valence-corrected chi connectivity index (χ0v) is 7.67. The fraction of sp³-hybridized carbons (Fsp3) is 1.00. The number of morpholine rings is 1. The van der Waals surface area contributed by atoms with Crippen LogP contribution in [0.4, 0.5) is 0 Å². The summed E-state index contributed by atoms with van der Waals surface area (Å²) in [6, 6.07) is 0. The van der Waals surface area contributed by atoms with Crippen molar-refractivity contribution in [1.82, 2.24) is 9.03 Å². The number of hydrogen-bond acceptors (Lipinski definition) is 4. The predicted octanol–water partition coefficient (Wildman–Crippen LogP) is -1.93. The highest BCUT2D eigenvalue weighted by Gasteiger charge is 2.28. The van der Waals surface area contributed by atoms with Gasteiger partial charge in [-0.25, -0.2) is 4.72 Å². The molecule has 72 valence electrons. The first kappa shape index (κ1) is 9.87. The summed E-state index contributed by atoms with van der Waals surface area (Å²) in [5.41, 5.74) is 5.52. The smallest absolute Gasteiger partial charge is 0.280 e. The van der Waals surface area contributed by atoms with Gasteiger partial charge in [0.2, 0.25) is 0 Å². The topological polar surface area (TPSA) is 84.7 Å². The predicted molar refractivity (Wildman–Crippen MR) is 43.5 cm³/mol. The molecule has 0 aromatic rings. The molecule has 1 aliphatic rings. The molecule has 0 spiro atoms. The van der Waals surface area contributed by atoms with E-state index in [1.54, 1.807) is 0 Å². The molecule has 1 fully saturated rings. The Kier molecular flexibility index (Phi) is 3.02. The number of rotatable bonds is 2.